The molecule has 1 unspecified atom stereocenters. The van der Waals surface area contributed by atoms with Crippen molar-refractivity contribution in [2.75, 3.05) is 0 Å². The lowest BCUT2D eigenvalue weighted by atomic mass is 9.95. The first-order chi connectivity index (χ1) is 12.5. The molecule has 6 heteroatoms. The standard InChI is InChI=1S/C20H21FN2O3/c1-2-15(12-7-9-14(21)10-8-12)19(24)22-17-11-13-5-3-4-6-16(13)18(17)23-20(25)26/h3-10,15,17-18,23H,2,11H2,1H3,(H,22,24)(H,25,26)/t15?,17-,18-/m0/s1. The van der Waals surface area contributed by atoms with Crippen LogP contribution >= 0.6 is 0 Å². The zero-order valence-corrected chi connectivity index (χ0v) is 14.4. The van der Waals surface area contributed by atoms with E-state index < -0.39 is 18.1 Å². The van der Waals surface area contributed by atoms with Gasteiger partial charge in [0.25, 0.3) is 0 Å². The van der Waals surface area contributed by atoms with Gasteiger partial charge in [-0.2, -0.15) is 0 Å². The molecule has 0 heterocycles. The summed E-state index contributed by atoms with van der Waals surface area (Å²) < 4.78 is 13.1. The largest absolute Gasteiger partial charge is 0.465 e. The molecule has 2 aromatic carbocycles. The van der Waals surface area contributed by atoms with Crippen molar-refractivity contribution in [1.29, 1.82) is 0 Å². The van der Waals surface area contributed by atoms with Crippen LogP contribution in [0.15, 0.2) is 48.5 Å². The fourth-order valence-corrected chi connectivity index (χ4v) is 3.59. The van der Waals surface area contributed by atoms with Crippen LogP contribution in [0, 0.1) is 5.82 Å². The van der Waals surface area contributed by atoms with E-state index in [2.05, 4.69) is 10.6 Å². The highest BCUT2D eigenvalue weighted by Gasteiger charge is 2.35. The van der Waals surface area contributed by atoms with Gasteiger partial charge in [0.15, 0.2) is 0 Å². The van der Waals surface area contributed by atoms with E-state index in [1.165, 1.54) is 12.1 Å². The van der Waals surface area contributed by atoms with Gasteiger partial charge in [-0.3, -0.25) is 4.79 Å². The monoisotopic (exact) mass is 356 g/mol. The zero-order valence-electron chi connectivity index (χ0n) is 14.4. The summed E-state index contributed by atoms with van der Waals surface area (Å²) in [6.07, 6.45) is -0.00235. The molecule has 136 valence electrons. The number of carboxylic acid groups (broad SMARTS) is 1. The normalized spacial score (nSPS) is 19.5. The van der Waals surface area contributed by atoms with E-state index in [0.29, 0.717) is 12.8 Å². The summed E-state index contributed by atoms with van der Waals surface area (Å²) in [5, 5.41) is 14.6. The maximum atomic E-state index is 13.1. The van der Waals surface area contributed by atoms with Crippen LogP contribution in [0.4, 0.5) is 9.18 Å². The first kappa shape index (κ1) is 17.9. The summed E-state index contributed by atoms with van der Waals surface area (Å²) >= 11 is 0. The van der Waals surface area contributed by atoms with Crippen LogP contribution < -0.4 is 10.6 Å². The summed E-state index contributed by atoms with van der Waals surface area (Å²) in [5.41, 5.74) is 2.64. The minimum absolute atomic E-state index is 0.186. The summed E-state index contributed by atoms with van der Waals surface area (Å²) in [6.45, 7) is 1.89. The van der Waals surface area contributed by atoms with Gasteiger partial charge in [0.1, 0.15) is 5.82 Å². The van der Waals surface area contributed by atoms with Crippen molar-refractivity contribution in [1.82, 2.24) is 10.6 Å². The van der Waals surface area contributed by atoms with Gasteiger partial charge < -0.3 is 15.7 Å². The predicted molar refractivity (Wildman–Crippen MR) is 95.4 cm³/mol. The molecule has 3 atom stereocenters. The summed E-state index contributed by atoms with van der Waals surface area (Å²) in [5.74, 6) is -0.945. The highest BCUT2D eigenvalue weighted by Crippen LogP contribution is 2.32. The van der Waals surface area contributed by atoms with Gasteiger partial charge in [-0.05, 0) is 41.7 Å². The van der Waals surface area contributed by atoms with Crippen molar-refractivity contribution in [2.24, 2.45) is 0 Å². The molecule has 0 spiro atoms. The third-order valence-corrected chi connectivity index (χ3v) is 4.84. The number of amides is 2. The van der Waals surface area contributed by atoms with E-state index >= 15 is 0 Å². The first-order valence-electron chi connectivity index (χ1n) is 8.62. The third-order valence-electron chi connectivity index (χ3n) is 4.84. The second-order valence-corrected chi connectivity index (χ2v) is 6.46. The summed E-state index contributed by atoms with van der Waals surface area (Å²) in [6, 6.07) is 12.6. The van der Waals surface area contributed by atoms with Gasteiger partial charge in [0, 0.05) is 0 Å². The highest BCUT2D eigenvalue weighted by molar-refractivity contribution is 5.84. The van der Waals surface area contributed by atoms with E-state index in [-0.39, 0.29) is 17.8 Å². The van der Waals surface area contributed by atoms with Gasteiger partial charge in [0.2, 0.25) is 5.91 Å². The Hall–Kier alpha value is -2.89. The van der Waals surface area contributed by atoms with E-state index in [1.807, 2.05) is 31.2 Å². The Morgan fingerprint density at radius 2 is 1.85 bits per heavy atom. The van der Waals surface area contributed by atoms with Crippen molar-refractivity contribution in [3.8, 4) is 0 Å². The van der Waals surface area contributed by atoms with Gasteiger partial charge in [0.05, 0.1) is 18.0 Å². The number of carbonyl (C=O) groups excluding carboxylic acids is 1. The minimum Gasteiger partial charge on any atom is -0.465 e. The third kappa shape index (κ3) is 3.69. The molecule has 0 saturated carbocycles. The van der Waals surface area contributed by atoms with Crippen LogP contribution in [-0.4, -0.2) is 23.1 Å². The van der Waals surface area contributed by atoms with Crippen molar-refractivity contribution in [3.05, 3.63) is 71.0 Å². The second kappa shape index (κ2) is 7.56. The predicted octanol–water partition coefficient (Wildman–Crippen LogP) is 3.37. The van der Waals surface area contributed by atoms with Crippen molar-refractivity contribution in [3.63, 3.8) is 0 Å². The molecule has 0 fully saturated rings. The van der Waals surface area contributed by atoms with E-state index in [1.54, 1.807) is 12.1 Å². The molecule has 2 amide bonds. The lowest BCUT2D eigenvalue weighted by Crippen LogP contribution is -2.45. The minimum atomic E-state index is -1.13. The Balaban J connectivity index is 1.79. The second-order valence-electron chi connectivity index (χ2n) is 6.46. The summed E-state index contributed by atoms with van der Waals surface area (Å²) in [4.78, 5) is 24.0. The lowest BCUT2D eigenvalue weighted by molar-refractivity contribution is -0.123. The van der Waals surface area contributed by atoms with Crippen LogP contribution in [0.3, 0.4) is 0 Å². The van der Waals surface area contributed by atoms with Crippen molar-refractivity contribution >= 4 is 12.0 Å². The fourth-order valence-electron chi connectivity index (χ4n) is 3.59. The van der Waals surface area contributed by atoms with E-state index in [0.717, 1.165) is 16.7 Å². The first-order valence-corrected chi connectivity index (χ1v) is 8.62. The van der Waals surface area contributed by atoms with Crippen molar-refractivity contribution in [2.45, 2.75) is 37.8 Å². The number of benzene rings is 2. The molecule has 0 aromatic heterocycles. The van der Waals surface area contributed by atoms with Crippen LogP contribution in [0.5, 0.6) is 0 Å². The van der Waals surface area contributed by atoms with E-state index in [4.69, 9.17) is 5.11 Å². The topological polar surface area (TPSA) is 78.4 Å². The highest BCUT2D eigenvalue weighted by atomic mass is 19.1. The quantitative estimate of drug-likeness (QED) is 0.769. The molecule has 2 aromatic rings. The molecule has 3 N–H and O–H groups in total. The molecule has 5 nitrogen and oxygen atoms in total. The molecular weight excluding hydrogens is 335 g/mol. The molecule has 3 rings (SSSR count). The van der Waals surface area contributed by atoms with Crippen LogP contribution in [-0.2, 0) is 11.2 Å². The SMILES string of the molecule is CCC(C(=O)N[C@H]1Cc2ccccc2[C@@H]1NC(=O)O)c1ccc(F)cc1. The molecule has 1 aliphatic rings. The Kier molecular flexibility index (Phi) is 5.21. The van der Waals surface area contributed by atoms with Crippen LogP contribution in [0.1, 0.15) is 42.0 Å². The molecule has 26 heavy (non-hydrogen) atoms. The number of nitrogens with one attached hydrogen (secondary N) is 2. The Labute approximate surface area is 151 Å². The Bertz CT molecular complexity index is 807. The number of rotatable bonds is 5. The number of hydrogen-bond donors (Lipinski definition) is 3. The van der Waals surface area contributed by atoms with Crippen LogP contribution in [0.25, 0.3) is 0 Å². The zero-order chi connectivity index (χ0) is 18.7. The molecule has 1 aliphatic carbocycles. The molecule has 0 bridgehead atoms. The van der Waals surface area contributed by atoms with Gasteiger partial charge in [-0.15, -0.1) is 0 Å². The van der Waals surface area contributed by atoms with Gasteiger partial charge in [-0.1, -0.05) is 43.3 Å². The fraction of sp³-hybridized carbons (Fsp3) is 0.300. The van der Waals surface area contributed by atoms with Crippen LogP contribution in [0.2, 0.25) is 0 Å². The summed E-state index contributed by atoms with van der Waals surface area (Å²) in [7, 11) is 0. The average molecular weight is 356 g/mol. The molecule has 0 saturated heterocycles. The van der Waals surface area contributed by atoms with Crippen molar-refractivity contribution < 1.29 is 19.1 Å². The maximum Gasteiger partial charge on any atom is 0.405 e. The lowest BCUT2D eigenvalue weighted by Gasteiger charge is -2.24. The maximum absolute atomic E-state index is 13.1. The smallest absolute Gasteiger partial charge is 0.405 e. The number of halogens is 1. The number of fused-ring (bicyclic) bond motifs is 1. The molecule has 0 aliphatic heterocycles. The van der Waals surface area contributed by atoms with Gasteiger partial charge >= 0.3 is 6.09 Å². The Morgan fingerprint density at radius 1 is 1.15 bits per heavy atom. The van der Waals surface area contributed by atoms with Gasteiger partial charge in [-0.25, -0.2) is 9.18 Å². The number of hydrogen-bond acceptors (Lipinski definition) is 2. The van der Waals surface area contributed by atoms with E-state index in [9.17, 15) is 14.0 Å². The average Bonchev–Trinajstić information content (AvgIpc) is 2.94. The molecular formula is C20H21FN2O3. The Morgan fingerprint density at radius 3 is 2.50 bits per heavy atom. The molecule has 0 radical (unpaired) electrons. The number of carbonyl (C=O) groups is 2.